The van der Waals surface area contributed by atoms with Crippen LogP contribution < -0.4 is 0 Å². The van der Waals surface area contributed by atoms with E-state index in [1.807, 2.05) is 13.0 Å². The Bertz CT molecular complexity index is 705. The van der Waals surface area contributed by atoms with Crippen molar-refractivity contribution in [1.29, 1.82) is 0 Å². The van der Waals surface area contributed by atoms with E-state index in [0.717, 1.165) is 44.1 Å². The number of aromatic carboxylic acids is 1. The molecule has 1 N–H and O–H groups in total. The molecular formula is C20H24O3. The minimum atomic E-state index is -0.829. The molecule has 0 radical (unpaired) electrons. The average Bonchev–Trinajstić information content (AvgIpc) is 2.82. The quantitative estimate of drug-likeness (QED) is 0.848. The molecule has 3 aliphatic carbocycles. The normalized spacial score (nSPS) is 35.4. The highest BCUT2D eigenvalue weighted by molar-refractivity contribution is 5.90. The molecule has 0 amide bonds. The number of Topliss-reactive ketones (excluding diaryl/α,β-unsaturated/α-hetero) is 1. The maximum atomic E-state index is 12.4. The second-order valence-corrected chi connectivity index (χ2v) is 8.00. The molecule has 0 unspecified atom stereocenters. The lowest BCUT2D eigenvalue weighted by atomic mass is 9.55. The lowest BCUT2D eigenvalue weighted by Crippen LogP contribution is -2.42. The lowest BCUT2D eigenvalue weighted by Gasteiger charge is -2.48. The summed E-state index contributed by atoms with van der Waals surface area (Å²) < 4.78 is 0. The van der Waals surface area contributed by atoms with E-state index in [2.05, 4.69) is 13.0 Å². The Labute approximate surface area is 137 Å². The summed E-state index contributed by atoms with van der Waals surface area (Å²) in [5, 5.41) is 9.35. The second-order valence-electron chi connectivity index (χ2n) is 8.00. The number of carbonyl (C=O) groups is 2. The number of hydrogen-bond donors (Lipinski definition) is 1. The summed E-state index contributed by atoms with van der Waals surface area (Å²) in [5.41, 5.74) is 3.81. The Morgan fingerprint density at radius 3 is 2.74 bits per heavy atom. The number of fused-ring (bicyclic) bond motifs is 5. The summed E-state index contributed by atoms with van der Waals surface area (Å²) in [7, 11) is 0. The van der Waals surface area contributed by atoms with E-state index in [9.17, 15) is 14.7 Å². The molecule has 0 aromatic heterocycles. The van der Waals surface area contributed by atoms with Crippen molar-refractivity contribution in [3.8, 4) is 0 Å². The van der Waals surface area contributed by atoms with Crippen molar-refractivity contribution >= 4 is 11.8 Å². The van der Waals surface area contributed by atoms with Crippen LogP contribution in [0.5, 0.6) is 0 Å². The molecule has 0 aliphatic heterocycles. The Morgan fingerprint density at radius 1 is 1.22 bits per heavy atom. The molecule has 2 fully saturated rings. The lowest BCUT2D eigenvalue weighted by molar-refractivity contribution is -0.129. The van der Waals surface area contributed by atoms with Gasteiger partial charge in [-0.05, 0) is 79.5 Å². The number of hydrogen-bond acceptors (Lipinski definition) is 2. The van der Waals surface area contributed by atoms with Crippen molar-refractivity contribution in [2.75, 3.05) is 0 Å². The zero-order chi connectivity index (χ0) is 16.4. The fourth-order valence-corrected chi connectivity index (χ4v) is 5.74. The van der Waals surface area contributed by atoms with E-state index in [1.54, 1.807) is 0 Å². The van der Waals surface area contributed by atoms with Gasteiger partial charge in [-0.25, -0.2) is 4.79 Å². The van der Waals surface area contributed by atoms with E-state index < -0.39 is 5.97 Å². The van der Waals surface area contributed by atoms with Crippen molar-refractivity contribution in [3.63, 3.8) is 0 Å². The van der Waals surface area contributed by atoms with Crippen LogP contribution in [0.15, 0.2) is 12.1 Å². The first-order valence-corrected chi connectivity index (χ1v) is 8.82. The van der Waals surface area contributed by atoms with Crippen LogP contribution in [-0.2, 0) is 11.2 Å². The van der Waals surface area contributed by atoms with E-state index in [0.29, 0.717) is 29.1 Å². The number of aryl methyl sites for hydroxylation is 2. The number of rotatable bonds is 1. The zero-order valence-corrected chi connectivity index (χ0v) is 13.9. The van der Waals surface area contributed by atoms with Gasteiger partial charge in [0.1, 0.15) is 5.78 Å². The highest BCUT2D eigenvalue weighted by Gasteiger charge is 2.54. The first-order valence-electron chi connectivity index (χ1n) is 8.82. The molecule has 122 valence electrons. The smallest absolute Gasteiger partial charge is 0.335 e. The maximum Gasteiger partial charge on any atom is 0.335 e. The standard InChI is InChI=1S/C20H24O3/c1-11-9-16-12(10-15(11)19(22)23)3-4-14-13(16)7-8-20(2)17(14)5-6-18(20)21/h9-10,13-14,17H,3-8H2,1-2H3,(H,22,23)/t13-,14+,17-,20-/m0/s1. The molecular weight excluding hydrogens is 288 g/mol. The third-order valence-corrected chi connectivity index (χ3v) is 7.01. The van der Waals surface area contributed by atoms with Gasteiger partial charge < -0.3 is 5.11 Å². The summed E-state index contributed by atoms with van der Waals surface area (Å²) in [6.45, 7) is 4.09. The Hall–Kier alpha value is -1.64. The maximum absolute atomic E-state index is 12.4. The molecule has 3 nitrogen and oxygen atoms in total. The molecule has 0 heterocycles. The fourth-order valence-electron chi connectivity index (χ4n) is 5.74. The van der Waals surface area contributed by atoms with Crippen molar-refractivity contribution < 1.29 is 14.7 Å². The van der Waals surface area contributed by atoms with Gasteiger partial charge in [-0.1, -0.05) is 13.0 Å². The SMILES string of the molecule is Cc1cc2c(cc1C(=O)O)CC[C@@H]1[C@@H]2CC[C@]2(C)C(=O)CC[C@@H]12. The monoisotopic (exact) mass is 312 g/mol. The third kappa shape index (κ3) is 2.02. The molecule has 3 aliphatic rings. The van der Waals surface area contributed by atoms with Gasteiger partial charge >= 0.3 is 5.97 Å². The molecule has 4 atom stereocenters. The number of carboxylic acids is 1. The molecule has 0 bridgehead atoms. The summed E-state index contributed by atoms with van der Waals surface area (Å²) in [6, 6.07) is 4.02. The van der Waals surface area contributed by atoms with Crippen LogP contribution in [0.2, 0.25) is 0 Å². The summed E-state index contributed by atoms with van der Waals surface area (Å²) in [6.07, 6.45) is 5.94. The first-order chi connectivity index (χ1) is 10.9. The Balaban J connectivity index is 1.74. The molecule has 0 spiro atoms. The third-order valence-electron chi connectivity index (χ3n) is 7.01. The largest absolute Gasteiger partial charge is 0.478 e. The summed E-state index contributed by atoms with van der Waals surface area (Å²) in [4.78, 5) is 23.7. The molecule has 1 aromatic rings. The van der Waals surface area contributed by atoms with Crippen LogP contribution in [0, 0.1) is 24.2 Å². The van der Waals surface area contributed by atoms with Crippen molar-refractivity contribution in [1.82, 2.24) is 0 Å². The van der Waals surface area contributed by atoms with Crippen LogP contribution in [0.3, 0.4) is 0 Å². The Morgan fingerprint density at radius 2 is 2.00 bits per heavy atom. The minimum Gasteiger partial charge on any atom is -0.478 e. The van der Waals surface area contributed by atoms with Gasteiger partial charge in [0.25, 0.3) is 0 Å². The van der Waals surface area contributed by atoms with Gasteiger partial charge in [-0.2, -0.15) is 0 Å². The summed E-state index contributed by atoms with van der Waals surface area (Å²) in [5.74, 6) is 1.29. The fraction of sp³-hybridized carbons (Fsp3) is 0.600. The molecule has 2 saturated carbocycles. The van der Waals surface area contributed by atoms with Crippen LogP contribution in [0.25, 0.3) is 0 Å². The predicted molar refractivity (Wildman–Crippen MR) is 87.8 cm³/mol. The molecule has 23 heavy (non-hydrogen) atoms. The van der Waals surface area contributed by atoms with Gasteiger partial charge in [-0.15, -0.1) is 0 Å². The van der Waals surface area contributed by atoms with Crippen LogP contribution in [-0.4, -0.2) is 16.9 Å². The van der Waals surface area contributed by atoms with Gasteiger partial charge in [0.05, 0.1) is 5.56 Å². The number of carbonyl (C=O) groups excluding carboxylic acids is 1. The highest BCUT2D eigenvalue weighted by atomic mass is 16.4. The zero-order valence-electron chi connectivity index (χ0n) is 13.9. The van der Waals surface area contributed by atoms with Crippen LogP contribution in [0.1, 0.15) is 72.0 Å². The highest BCUT2D eigenvalue weighted by Crippen LogP contribution is 2.59. The van der Waals surface area contributed by atoms with E-state index in [1.165, 1.54) is 11.1 Å². The molecule has 1 aromatic carbocycles. The van der Waals surface area contributed by atoms with Crippen LogP contribution >= 0.6 is 0 Å². The van der Waals surface area contributed by atoms with Crippen molar-refractivity contribution in [2.24, 2.45) is 17.3 Å². The van der Waals surface area contributed by atoms with E-state index in [4.69, 9.17) is 0 Å². The minimum absolute atomic E-state index is 0.0886. The first kappa shape index (κ1) is 14.9. The van der Waals surface area contributed by atoms with E-state index in [-0.39, 0.29) is 5.41 Å². The summed E-state index contributed by atoms with van der Waals surface area (Å²) >= 11 is 0. The van der Waals surface area contributed by atoms with Gasteiger partial charge in [0.15, 0.2) is 0 Å². The molecule has 4 rings (SSSR count). The van der Waals surface area contributed by atoms with E-state index >= 15 is 0 Å². The van der Waals surface area contributed by atoms with Crippen molar-refractivity contribution in [2.45, 2.75) is 58.3 Å². The molecule has 3 heteroatoms. The van der Waals surface area contributed by atoms with Gasteiger partial charge in [0, 0.05) is 11.8 Å². The number of carboxylic acid groups (broad SMARTS) is 1. The Kier molecular flexibility index (Phi) is 3.20. The second kappa shape index (κ2) is 4.93. The number of ketones is 1. The molecule has 0 saturated heterocycles. The topological polar surface area (TPSA) is 54.4 Å². The van der Waals surface area contributed by atoms with Crippen molar-refractivity contribution in [3.05, 3.63) is 34.4 Å². The average molecular weight is 312 g/mol. The van der Waals surface area contributed by atoms with Gasteiger partial charge in [0.2, 0.25) is 0 Å². The number of benzene rings is 1. The van der Waals surface area contributed by atoms with Gasteiger partial charge in [-0.3, -0.25) is 4.79 Å². The van der Waals surface area contributed by atoms with Crippen LogP contribution in [0.4, 0.5) is 0 Å². The predicted octanol–water partition coefficient (Wildman–Crippen LogP) is 4.12.